The maximum absolute atomic E-state index is 5.76. The normalized spacial score (nSPS) is 12.0. The fourth-order valence-corrected chi connectivity index (χ4v) is 1.14. The first kappa shape index (κ1) is 19.0. The van der Waals surface area contributed by atoms with Crippen LogP contribution in [0.3, 0.4) is 0 Å². The van der Waals surface area contributed by atoms with Crippen molar-refractivity contribution in [2.45, 2.75) is 46.5 Å². The highest BCUT2D eigenvalue weighted by Gasteiger charge is 1.95. The Hall–Kier alpha value is -1.38. The standard InChI is InChI=1S/C13H26N2O.C2H4/c1-4-5-6-7-10-16-13(15)9-8-12(14)11(2)3;1-2/h8-9,11H,4-7,10,14-15H2,1-3H3;1-2H2/b12-8-,13-9+;. The third-order valence-corrected chi connectivity index (χ3v) is 2.37. The summed E-state index contributed by atoms with van der Waals surface area (Å²) >= 11 is 0. The highest BCUT2D eigenvalue weighted by Crippen LogP contribution is 2.04. The van der Waals surface area contributed by atoms with Gasteiger partial charge in [0.2, 0.25) is 0 Å². The van der Waals surface area contributed by atoms with E-state index in [1.807, 2.05) is 19.9 Å². The zero-order chi connectivity index (χ0) is 14.4. The molecule has 0 heterocycles. The maximum Gasteiger partial charge on any atom is 0.183 e. The molecule has 0 amide bonds. The van der Waals surface area contributed by atoms with Crippen molar-refractivity contribution in [3.8, 4) is 0 Å². The van der Waals surface area contributed by atoms with E-state index < -0.39 is 0 Å². The molecular formula is C15H30N2O. The first-order valence-corrected chi connectivity index (χ1v) is 6.63. The molecule has 4 N–H and O–H groups in total. The highest BCUT2D eigenvalue weighted by atomic mass is 16.5. The van der Waals surface area contributed by atoms with Gasteiger partial charge in [0.25, 0.3) is 0 Å². The van der Waals surface area contributed by atoms with E-state index in [1.165, 1.54) is 19.3 Å². The predicted molar refractivity (Wildman–Crippen MR) is 80.7 cm³/mol. The molecule has 0 rings (SSSR count). The van der Waals surface area contributed by atoms with Gasteiger partial charge in [-0.2, -0.15) is 0 Å². The van der Waals surface area contributed by atoms with Crippen LogP contribution in [0.25, 0.3) is 0 Å². The molecule has 0 aliphatic heterocycles. The second-order valence-electron chi connectivity index (χ2n) is 4.30. The lowest BCUT2D eigenvalue weighted by atomic mass is 10.1. The Morgan fingerprint density at radius 1 is 1.11 bits per heavy atom. The van der Waals surface area contributed by atoms with Crippen LogP contribution in [-0.4, -0.2) is 6.61 Å². The number of allylic oxidation sites excluding steroid dienone is 3. The number of ether oxygens (including phenoxy) is 1. The Kier molecular flexibility index (Phi) is 14.4. The minimum Gasteiger partial charge on any atom is -0.479 e. The molecule has 0 saturated heterocycles. The Morgan fingerprint density at radius 2 is 1.72 bits per heavy atom. The average molecular weight is 254 g/mol. The third kappa shape index (κ3) is 12.7. The van der Waals surface area contributed by atoms with Crippen molar-refractivity contribution in [3.05, 3.63) is 36.9 Å². The van der Waals surface area contributed by atoms with Gasteiger partial charge < -0.3 is 16.2 Å². The van der Waals surface area contributed by atoms with Crippen LogP contribution >= 0.6 is 0 Å². The molecule has 0 aliphatic carbocycles. The predicted octanol–water partition coefficient (Wildman–Crippen LogP) is 3.68. The van der Waals surface area contributed by atoms with Crippen LogP contribution in [-0.2, 0) is 4.74 Å². The van der Waals surface area contributed by atoms with Crippen LogP contribution in [0.1, 0.15) is 46.5 Å². The summed E-state index contributed by atoms with van der Waals surface area (Å²) in [5.74, 6) is 0.786. The van der Waals surface area contributed by atoms with Gasteiger partial charge in [-0.3, -0.25) is 0 Å². The molecule has 0 unspecified atom stereocenters. The van der Waals surface area contributed by atoms with E-state index in [0.29, 0.717) is 18.4 Å². The summed E-state index contributed by atoms with van der Waals surface area (Å²) in [6.07, 6.45) is 8.30. The lowest BCUT2D eigenvalue weighted by Gasteiger charge is -2.06. The topological polar surface area (TPSA) is 61.3 Å². The molecule has 0 radical (unpaired) electrons. The van der Waals surface area contributed by atoms with E-state index in [4.69, 9.17) is 16.2 Å². The van der Waals surface area contributed by atoms with Crippen LogP contribution in [0.2, 0.25) is 0 Å². The summed E-state index contributed by atoms with van der Waals surface area (Å²) in [5.41, 5.74) is 12.3. The molecule has 106 valence electrons. The minimum atomic E-state index is 0.341. The van der Waals surface area contributed by atoms with Crippen molar-refractivity contribution >= 4 is 0 Å². The molecule has 0 saturated carbocycles. The van der Waals surface area contributed by atoms with Gasteiger partial charge >= 0.3 is 0 Å². The van der Waals surface area contributed by atoms with E-state index in [0.717, 1.165) is 12.1 Å². The molecule has 0 spiro atoms. The second kappa shape index (κ2) is 13.7. The number of hydrogen-bond donors (Lipinski definition) is 2. The highest BCUT2D eigenvalue weighted by molar-refractivity contribution is 5.12. The van der Waals surface area contributed by atoms with Crippen molar-refractivity contribution in [2.24, 2.45) is 17.4 Å². The fourth-order valence-electron chi connectivity index (χ4n) is 1.14. The first-order valence-electron chi connectivity index (χ1n) is 6.63. The molecule has 0 aromatic heterocycles. The molecule has 0 aromatic rings. The summed E-state index contributed by atoms with van der Waals surface area (Å²) in [5, 5.41) is 0. The number of nitrogens with two attached hydrogens (primary N) is 2. The Morgan fingerprint density at radius 3 is 2.22 bits per heavy atom. The second-order valence-corrected chi connectivity index (χ2v) is 4.30. The van der Waals surface area contributed by atoms with Gasteiger partial charge in [0.1, 0.15) is 0 Å². The van der Waals surface area contributed by atoms with Crippen LogP contribution in [0.4, 0.5) is 0 Å². The van der Waals surface area contributed by atoms with E-state index in [9.17, 15) is 0 Å². The zero-order valence-corrected chi connectivity index (χ0v) is 12.2. The quantitative estimate of drug-likeness (QED) is 0.300. The zero-order valence-electron chi connectivity index (χ0n) is 12.2. The lowest BCUT2D eigenvalue weighted by molar-refractivity contribution is 0.202. The smallest absolute Gasteiger partial charge is 0.183 e. The Bertz CT molecular complexity index is 245. The largest absolute Gasteiger partial charge is 0.479 e. The third-order valence-electron chi connectivity index (χ3n) is 2.37. The van der Waals surface area contributed by atoms with Crippen LogP contribution < -0.4 is 11.5 Å². The van der Waals surface area contributed by atoms with Gasteiger partial charge in [-0.05, 0) is 24.5 Å². The summed E-state index contributed by atoms with van der Waals surface area (Å²) in [6, 6.07) is 0. The molecule has 3 heteroatoms. The lowest BCUT2D eigenvalue weighted by Crippen LogP contribution is -2.06. The van der Waals surface area contributed by atoms with Gasteiger partial charge in [0, 0.05) is 5.70 Å². The molecule has 0 aliphatic rings. The van der Waals surface area contributed by atoms with Crippen LogP contribution in [0.5, 0.6) is 0 Å². The Labute approximate surface area is 113 Å². The summed E-state index contributed by atoms with van der Waals surface area (Å²) < 4.78 is 5.36. The van der Waals surface area contributed by atoms with Crippen molar-refractivity contribution in [2.75, 3.05) is 6.61 Å². The minimum absolute atomic E-state index is 0.341. The van der Waals surface area contributed by atoms with E-state index >= 15 is 0 Å². The maximum atomic E-state index is 5.76. The molecule has 0 atom stereocenters. The van der Waals surface area contributed by atoms with Gasteiger partial charge in [-0.1, -0.05) is 40.0 Å². The first-order chi connectivity index (χ1) is 8.57. The van der Waals surface area contributed by atoms with Gasteiger partial charge in [0.05, 0.1) is 6.61 Å². The van der Waals surface area contributed by atoms with Crippen molar-refractivity contribution in [3.63, 3.8) is 0 Å². The summed E-state index contributed by atoms with van der Waals surface area (Å²) in [7, 11) is 0. The van der Waals surface area contributed by atoms with E-state index in [2.05, 4.69) is 20.1 Å². The monoisotopic (exact) mass is 254 g/mol. The molecule has 0 fully saturated rings. The van der Waals surface area contributed by atoms with Crippen LogP contribution in [0, 0.1) is 5.92 Å². The van der Waals surface area contributed by atoms with Gasteiger partial charge in [0.15, 0.2) is 5.88 Å². The molecule has 18 heavy (non-hydrogen) atoms. The molecule has 0 bridgehead atoms. The average Bonchev–Trinajstić information content (AvgIpc) is 2.37. The van der Waals surface area contributed by atoms with Crippen molar-refractivity contribution in [1.82, 2.24) is 0 Å². The molecule has 0 aromatic carbocycles. The molecular weight excluding hydrogens is 224 g/mol. The Balaban J connectivity index is 0. The van der Waals surface area contributed by atoms with Crippen molar-refractivity contribution < 1.29 is 4.74 Å². The van der Waals surface area contributed by atoms with Crippen LogP contribution in [0.15, 0.2) is 36.9 Å². The molecule has 3 nitrogen and oxygen atoms in total. The van der Waals surface area contributed by atoms with Crippen molar-refractivity contribution in [1.29, 1.82) is 0 Å². The van der Waals surface area contributed by atoms with E-state index in [1.54, 1.807) is 6.08 Å². The fraction of sp³-hybridized carbons (Fsp3) is 0.600. The number of rotatable bonds is 8. The summed E-state index contributed by atoms with van der Waals surface area (Å²) in [4.78, 5) is 0. The van der Waals surface area contributed by atoms with Gasteiger partial charge in [-0.15, -0.1) is 13.2 Å². The van der Waals surface area contributed by atoms with E-state index in [-0.39, 0.29) is 0 Å². The van der Waals surface area contributed by atoms with Gasteiger partial charge in [-0.25, -0.2) is 0 Å². The summed E-state index contributed by atoms with van der Waals surface area (Å²) in [6.45, 7) is 13.0. The number of hydrogen-bond acceptors (Lipinski definition) is 3. The number of unbranched alkanes of at least 4 members (excludes halogenated alkanes) is 3. The SMILES string of the molecule is C=C.CCCCCCO/C(N)=C/C=C(\N)C(C)C.